The third kappa shape index (κ3) is 2.56. The normalized spacial score (nSPS) is 53.3. The van der Waals surface area contributed by atoms with Crippen LogP contribution in [0.25, 0.3) is 0 Å². The van der Waals surface area contributed by atoms with E-state index in [1.54, 1.807) is 0 Å². The van der Waals surface area contributed by atoms with Gasteiger partial charge in [0.2, 0.25) is 0 Å². The summed E-state index contributed by atoms with van der Waals surface area (Å²) in [5.41, 5.74) is 1.56. The second-order valence-corrected chi connectivity index (χ2v) is 14.7. The molecular formula is C29H46O3. The molecule has 0 saturated heterocycles. The molecule has 8 atom stereocenters. The molecule has 3 nitrogen and oxygen atoms in total. The lowest BCUT2D eigenvalue weighted by molar-refractivity contribution is -0.202. The molecule has 0 amide bonds. The summed E-state index contributed by atoms with van der Waals surface area (Å²) in [5, 5.41) is 21.3. The van der Waals surface area contributed by atoms with Crippen molar-refractivity contribution >= 4 is 5.97 Å². The van der Waals surface area contributed by atoms with Crippen molar-refractivity contribution in [1.29, 1.82) is 0 Å². The van der Waals surface area contributed by atoms with Gasteiger partial charge in [0, 0.05) is 0 Å². The van der Waals surface area contributed by atoms with Crippen molar-refractivity contribution in [3.8, 4) is 0 Å². The highest BCUT2D eigenvalue weighted by Gasteiger charge is 2.70. The predicted molar refractivity (Wildman–Crippen MR) is 128 cm³/mol. The zero-order chi connectivity index (χ0) is 23.5. The number of aliphatic hydroxyl groups excluding tert-OH is 1. The summed E-state index contributed by atoms with van der Waals surface area (Å²) in [6.07, 6.45) is 11.6. The van der Waals surface area contributed by atoms with Crippen molar-refractivity contribution in [3.63, 3.8) is 0 Å². The average molecular weight is 443 g/mol. The highest BCUT2D eigenvalue weighted by Crippen LogP contribution is 2.76. The van der Waals surface area contributed by atoms with E-state index >= 15 is 0 Å². The molecule has 3 heteroatoms. The number of hydrogen-bond acceptors (Lipinski definition) is 2. The first-order chi connectivity index (χ1) is 14.6. The first-order valence-corrected chi connectivity index (χ1v) is 13.3. The third-order valence-electron chi connectivity index (χ3n) is 12.6. The Morgan fingerprint density at radius 2 is 1.62 bits per heavy atom. The maximum Gasteiger partial charge on any atom is 0.310 e. The van der Waals surface area contributed by atoms with Gasteiger partial charge in [0.05, 0.1) is 11.5 Å². The van der Waals surface area contributed by atoms with Gasteiger partial charge in [-0.25, -0.2) is 0 Å². The lowest BCUT2D eigenvalue weighted by Gasteiger charge is -2.70. The van der Waals surface area contributed by atoms with Gasteiger partial charge < -0.3 is 10.2 Å². The van der Waals surface area contributed by atoms with E-state index in [9.17, 15) is 15.0 Å². The molecule has 0 aromatic rings. The van der Waals surface area contributed by atoms with Crippen LogP contribution >= 0.6 is 0 Å². The fourth-order valence-electron chi connectivity index (χ4n) is 10.8. The van der Waals surface area contributed by atoms with Gasteiger partial charge in [0.25, 0.3) is 0 Å². The molecule has 0 unspecified atom stereocenters. The number of aliphatic hydroxyl groups is 1. The standard InChI is InChI=1S/C29H46O3/c1-24(2)16-19-18-8-9-21-26(5)12-11-22(30)25(3,4)20(26)10-13-28(21,7)27(18,6)14-15-29(19,17-24)23(31)32/h8,19-22,30H,9-17H2,1-7H3,(H,31,32)/t19-,20-,21+,22-,26-,27+,28+,29+/m0/s1. The minimum absolute atomic E-state index is 0.0280. The van der Waals surface area contributed by atoms with Crippen molar-refractivity contribution < 1.29 is 15.0 Å². The first-order valence-electron chi connectivity index (χ1n) is 13.3. The van der Waals surface area contributed by atoms with Crippen molar-refractivity contribution in [2.24, 2.45) is 50.2 Å². The lowest BCUT2D eigenvalue weighted by atomic mass is 9.34. The minimum atomic E-state index is -0.559. The SMILES string of the molecule is CC1(C)C[C@H]2C3=CC[C@@H]4[C@@]5(C)CC[C@H](O)C(C)(C)[C@@H]5CC[C@@]4(C)[C@]3(C)CC[C@@]2(C(=O)O)C1. The molecule has 0 spiro atoms. The minimum Gasteiger partial charge on any atom is -0.481 e. The zero-order valence-electron chi connectivity index (χ0n) is 21.6. The van der Waals surface area contributed by atoms with Crippen LogP contribution < -0.4 is 0 Å². The van der Waals surface area contributed by atoms with Gasteiger partial charge in [-0.1, -0.05) is 60.1 Å². The smallest absolute Gasteiger partial charge is 0.310 e. The van der Waals surface area contributed by atoms with Crippen LogP contribution in [0.5, 0.6) is 0 Å². The number of rotatable bonds is 1. The number of fused-ring (bicyclic) bond motifs is 7. The fraction of sp³-hybridized carbons (Fsp3) is 0.897. The van der Waals surface area contributed by atoms with Crippen LogP contribution in [0.15, 0.2) is 11.6 Å². The Balaban J connectivity index is 1.60. The van der Waals surface area contributed by atoms with E-state index in [2.05, 4.69) is 54.5 Å². The summed E-state index contributed by atoms with van der Waals surface area (Å²) in [5.74, 6) is 0.812. The molecule has 0 aliphatic heterocycles. The predicted octanol–water partition coefficient (Wildman–Crippen LogP) is 6.84. The quantitative estimate of drug-likeness (QED) is 0.437. The van der Waals surface area contributed by atoms with Crippen LogP contribution in [0.3, 0.4) is 0 Å². The summed E-state index contributed by atoms with van der Waals surface area (Å²) >= 11 is 0. The number of carboxylic acids is 1. The van der Waals surface area contributed by atoms with Gasteiger partial charge in [-0.05, 0) is 103 Å². The van der Waals surface area contributed by atoms with Crippen LogP contribution in [-0.4, -0.2) is 22.3 Å². The molecule has 5 aliphatic rings. The lowest BCUT2D eigenvalue weighted by Crippen LogP contribution is -2.64. The third-order valence-corrected chi connectivity index (χ3v) is 12.6. The molecule has 0 aromatic heterocycles. The van der Waals surface area contributed by atoms with E-state index in [1.165, 1.54) is 18.4 Å². The Morgan fingerprint density at radius 3 is 2.28 bits per heavy atom. The summed E-state index contributed by atoms with van der Waals surface area (Å²) in [7, 11) is 0. The maximum absolute atomic E-state index is 12.7. The largest absolute Gasteiger partial charge is 0.481 e. The van der Waals surface area contributed by atoms with Gasteiger partial charge in [0.1, 0.15) is 0 Å². The Bertz CT molecular complexity index is 870. The molecule has 0 aromatic carbocycles. The van der Waals surface area contributed by atoms with Crippen LogP contribution in [0, 0.1) is 50.2 Å². The van der Waals surface area contributed by atoms with E-state index in [0.717, 1.165) is 44.9 Å². The summed E-state index contributed by atoms with van der Waals surface area (Å²) < 4.78 is 0. The van der Waals surface area contributed by atoms with Gasteiger partial charge in [-0.3, -0.25) is 4.79 Å². The van der Waals surface area contributed by atoms with Crippen LogP contribution in [0.1, 0.15) is 106 Å². The molecule has 0 heterocycles. The van der Waals surface area contributed by atoms with Crippen molar-refractivity contribution in [2.45, 2.75) is 112 Å². The van der Waals surface area contributed by atoms with Gasteiger partial charge >= 0.3 is 5.97 Å². The second kappa shape index (κ2) is 6.43. The Hall–Kier alpha value is -0.830. The Morgan fingerprint density at radius 1 is 0.938 bits per heavy atom. The number of carboxylic acid groups (broad SMARTS) is 1. The fourth-order valence-corrected chi connectivity index (χ4v) is 10.8. The Kier molecular flexibility index (Phi) is 4.61. The zero-order valence-corrected chi connectivity index (χ0v) is 21.6. The van der Waals surface area contributed by atoms with Crippen LogP contribution in [0.4, 0.5) is 0 Å². The number of carbonyl (C=O) groups is 1. The molecule has 4 fully saturated rings. The molecule has 2 N–H and O–H groups in total. The van der Waals surface area contributed by atoms with Crippen molar-refractivity contribution in [1.82, 2.24) is 0 Å². The first kappa shape index (κ1) is 22.9. The number of hydrogen-bond donors (Lipinski definition) is 2. The average Bonchev–Trinajstić information content (AvgIpc) is 2.97. The molecule has 0 radical (unpaired) electrons. The Labute approximate surface area is 195 Å². The van der Waals surface area contributed by atoms with Crippen LogP contribution in [0.2, 0.25) is 0 Å². The van der Waals surface area contributed by atoms with E-state index in [0.29, 0.717) is 11.8 Å². The molecular weight excluding hydrogens is 396 g/mol. The highest BCUT2D eigenvalue weighted by atomic mass is 16.4. The molecule has 0 bridgehead atoms. The van der Waals surface area contributed by atoms with Crippen LogP contribution in [-0.2, 0) is 4.79 Å². The van der Waals surface area contributed by atoms with Gasteiger partial charge in [-0.2, -0.15) is 0 Å². The summed E-state index contributed by atoms with van der Waals surface area (Å²) in [4.78, 5) is 12.7. The van der Waals surface area contributed by atoms with E-state index in [4.69, 9.17) is 0 Å². The monoisotopic (exact) mass is 442 g/mol. The number of aliphatic carboxylic acids is 1. The van der Waals surface area contributed by atoms with E-state index < -0.39 is 11.4 Å². The van der Waals surface area contributed by atoms with E-state index in [1.807, 2.05) is 0 Å². The summed E-state index contributed by atoms with van der Waals surface area (Å²) in [6, 6.07) is 0. The number of allylic oxidation sites excluding steroid dienone is 2. The topological polar surface area (TPSA) is 57.5 Å². The second-order valence-electron chi connectivity index (χ2n) is 14.7. The molecule has 5 aliphatic carbocycles. The van der Waals surface area contributed by atoms with Gasteiger partial charge in [-0.15, -0.1) is 0 Å². The van der Waals surface area contributed by atoms with Crippen molar-refractivity contribution in [3.05, 3.63) is 11.6 Å². The molecule has 180 valence electrons. The van der Waals surface area contributed by atoms with E-state index in [-0.39, 0.29) is 39.1 Å². The van der Waals surface area contributed by atoms with Gasteiger partial charge in [0.15, 0.2) is 0 Å². The van der Waals surface area contributed by atoms with Crippen molar-refractivity contribution in [2.75, 3.05) is 0 Å². The molecule has 5 rings (SSSR count). The molecule has 4 saturated carbocycles. The highest BCUT2D eigenvalue weighted by molar-refractivity contribution is 5.77. The molecule has 32 heavy (non-hydrogen) atoms. The summed E-state index contributed by atoms with van der Waals surface area (Å²) in [6.45, 7) is 16.8. The maximum atomic E-state index is 12.7.